The molecule has 0 aliphatic carbocycles. The lowest BCUT2D eigenvalue weighted by Crippen LogP contribution is -2.27. The molecule has 1 aromatic carbocycles. The normalized spacial score (nSPS) is 13.6. The molecule has 0 fully saturated rings. The van der Waals surface area contributed by atoms with Crippen LogP contribution >= 0.6 is 23.2 Å². The Morgan fingerprint density at radius 3 is 2.75 bits per heavy atom. The Morgan fingerprint density at radius 2 is 2.19 bits per heavy atom. The third kappa shape index (κ3) is 3.47. The first-order chi connectivity index (χ1) is 7.54. The molecule has 0 saturated heterocycles. The minimum absolute atomic E-state index is 0.0700. The number of nitrogens with two attached hydrogens (primary N) is 1. The molecule has 1 rings (SSSR count). The van der Waals surface area contributed by atoms with E-state index in [1.54, 1.807) is 12.1 Å². The van der Waals surface area contributed by atoms with E-state index in [1.807, 2.05) is 13.0 Å². The monoisotopic (exact) mass is 261 g/mol. The predicted octanol–water partition coefficient (Wildman–Crippen LogP) is 2.79. The maximum absolute atomic E-state index is 8.48. The number of oxime groups is 1. The smallest absolute Gasteiger partial charge is 0.143 e. The summed E-state index contributed by atoms with van der Waals surface area (Å²) in [5.41, 5.74) is 6.29. The average molecular weight is 262 g/mol. The van der Waals surface area contributed by atoms with E-state index in [1.165, 1.54) is 0 Å². The number of rotatable bonds is 4. The van der Waals surface area contributed by atoms with Crippen molar-refractivity contribution in [2.75, 3.05) is 11.9 Å². The van der Waals surface area contributed by atoms with Gasteiger partial charge in [-0.15, -0.1) is 0 Å². The SMILES string of the molecule is CC(CNc1ccc(Cl)c(Cl)c1)C(N)=NO. The van der Waals surface area contributed by atoms with Gasteiger partial charge in [0.1, 0.15) is 5.84 Å². The number of anilines is 1. The fourth-order valence-corrected chi connectivity index (χ4v) is 1.38. The zero-order valence-corrected chi connectivity index (χ0v) is 10.3. The molecule has 6 heteroatoms. The second-order valence-corrected chi connectivity index (χ2v) is 4.25. The first-order valence-electron chi connectivity index (χ1n) is 4.71. The highest BCUT2D eigenvalue weighted by Crippen LogP contribution is 2.24. The number of hydrogen-bond donors (Lipinski definition) is 3. The van der Waals surface area contributed by atoms with Crippen LogP contribution in [-0.2, 0) is 0 Å². The Balaban J connectivity index is 2.58. The molecule has 0 amide bonds. The molecule has 4 N–H and O–H groups in total. The van der Waals surface area contributed by atoms with Gasteiger partial charge in [-0.25, -0.2) is 0 Å². The van der Waals surface area contributed by atoms with Crippen molar-refractivity contribution in [1.82, 2.24) is 0 Å². The van der Waals surface area contributed by atoms with Crippen LogP contribution in [0, 0.1) is 5.92 Å². The summed E-state index contributed by atoms with van der Waals surface area (Å²) in [7, 11) is 0. The fraction of sp³-hybridized carbons (Fsp3) is 0.300. The topological polar surface area (TPSA) is 70.6 Å². The number of hydrogen-bond acceptors (Lipinski definition) is 3. The molecule has 0 radical (unpaired) electrons. The molecule has 0 saturated carbocycles. The summed E-state index contributed by atoms with van der Waals surface area (Å²) in [5.74, 6) is 0.118. The summed E-state index contributed by atoms with van der Waals surface area (Å²) in [6.07, 6.45) is 0. The molecule has 0 aliphatic heterocycles. The Hall–Kier alpha value is -1.13. The molecule has 1 unspecified atom stereocenters. The number of benzene rings is 1. The zero-order chi connectivity index (χ0) is 12.1. The van der Waals surface area contributed by atoms with Gasteiger partial charge in [-0.2, -0.15) is 0 Å². The third-order valence-corrected chi connectivity index (χ3v) is 2.89. The Bertz CT molecular complexity index is 396. The largest absolute Gasteiger partial charge is 0.409 e. The third-order valence-electron chi connectivity index (χ3n) is 2.15. The van der Waals surface area contributed by atoms with Crippen LogP contribution in [0.15, 0.2) is 23.4 Å². The molecule has 0 bridgehead atoms. The lowest BCUT2D eigenvalue weighted by atomic mass is 10.1. The highest BCUT2D eigenvalue weighted by atomic mass is 35.5. The standard InChI is InChI=1S/C10H13Cl2N3O/c1-6(10(13)15-16)5-14-7-2-3-8(11)9(12)4-7/h2-4,6,14,16H,5H2,1H3,(H2,13,15). The molecule has 0 aromatic heterocycles. The van der Waals surface area contributed by atoms with Crippen LogP contribution in [0.4, 0.5) is 5.69 Å². The summed E-state index contributed by atoms with van der Waals surface area (Å²) in [5, 5.41) is 15.5. The van der Waals surface area contributed by atoms with Crippen molar-refractivity contribution in [3.8, 4) is 0 Å². The highest BCUT2D eigenvalue weighted by Gasteiger charge is 2.07. The van der Waals surface area contributed by atoms with Crippen LogP contribution < -0.4 is 11.1 Å². The molecule has 1 atom stereocenters. The molecule has 0 aliphatic rings. The Labute approximate surface area is 104 Å². The molecule has 4 nitrogen and oxygen atoms in total. The lowest BCUT2D eigenvalue weighted by Gasteiger charge is -2.12. The van der Waals surface area contributed by atoms with Crippen molar-refractivity contribution >= 4 is 34.7 Å². The predicted molar refractivity (Wildman–Crippen MR) is 67.5 cm³/mol. The number of halogens is 2. The van der Waals surface area contributed by atoms with E-state index in [0.717, 1.165) is 5.69 Å². The van der Waals surface area contributed by atoms with Crippen LogP contribution in [0.5, 0.6) is 0 Å². The van der Waals surface area contributed by atoms with E-state index in [0.29, 0.717) is 16.6 Å². The van der Waals surface area contributed by atoms with Gasteiger partial charge in [0.05, 0.1) is 10.0 Å². The van der Waals surface area contributed by atoms with E-state index in [9.17, 15) is 0 Å². The molecule has 16 heavy (non-hydrogen) atoms. The molecule has 1 aromatic rings. The van der Waals surface area contributed by atoms with Crippen LogP contribution in [-0.4, -0.2) is 17.6 Å². The van der Waals surface area contributed by atoms with Gasteiger partial charge < -0.3 is 16.3 Å². The van der Waals surface area contributed by atoms with E-state index in [4.69, 9.17) is 34.1 Å². The average Bonchev–Trinajstić information content (AvgIpc) is 2.29. The molecule has 0 spiro atoms. The minimum Gasteiger partial charge on any atom is -0.409 e. The Kier molecular flexibility index (Phi) is 4.71. The van der Waals surface area contributed by atoms with Crippen LogP contribution in [0.1, 0.15) is 6.92 Å². The van der Waals surface area contributed by atoms with E-state index in [-0.39, 0.29) is 11.8 Å². The summed E-state index contributed by atoms with van der Waals surface area (Å²) >= 11 is 11.6. The highest BCUT2D eigenvalue weighted by molar-refractivity contribution is 6.42. The second kappa shape index (κ2) is 5.82. The van der Waals surface area contributed by atoms with Gasteiger partial charge in [-0.05, 0) is 18.2 Å². The maximum atomic E-state index is 8.48. The van der Waals surface area contributed by atoms with E-state index >= 15 is 0 Å². The molecular formula is C10H13Cl2N3O. The summed E-state index contributed by atoms with van der Waals surface area (Å²) in [6.45, 7) is 2.40. The van der Waals surface area contributed by atoms with Crippen molar-refractivity contribution in [1.29, 1.82) is 0 Å². The fourth-order valence-electron chi connectivity index (χ4n) is 1.08. The summed E-state index contributed by atoms with van der Waals surface area (Å²) in [4.78, 5) is 0. The second-order valence-electron chi connectivity index (χ2n) is 3.44. The van der Waals surface area contributed by atoms with Crippen LogP contribution in [0.25, 0.3) is 0 Å². The van der Waals surface area contributed by atoms with Crippen LogP contribution in [0.3, 0.4) is 0 Å². The minimum atomic E-state index is -0.0700. The summed E-state index contributed by atoms with van der Waals surface area (Å²) < 4.78 is 0. The van der Waals surface area contributed by atoms with Crippen molar-refractivity contribution < 1.29 is 5.21 Å². The van der Waals surface area contributed by atoms with Gasteiger partial charge >= 0.3 is 0 Å². The lowest BCUT2D eigenvalue weighted by molar-refractivity contribution is 0.315. The maximum Gasteiger partial charge on any atom is 0.143 e. The van der Waals surface area contributed by atoms with E-state index < -0.39 is 0 Å². The van der Waals surface area contributed by atoms with Gasteiger partial charge in [-0.1, -0.05) is 35.3 Å². The number of nitrogens with zero attached hydrogens (tertiary/aromatic N) is 1. The first-order valence-corrected chi connectivity index (χ1v) is 5.46. The van der Waals surface area contributed by atoms with Crippen molar-refractivity contribution in [3.05, 3.63) is 28.2 Å². The van der Waals surface area contributed by atoms with Gasteiger partial charge in [0.2, 0.25) is 0 Å². The number of nitrogens with one attached hydrogen (secondary N) is 1. The molecular weight excluding hydrogens is 249 g/mol. The van der Waals surface area contributed by atoms with Gasteiger partial charge in [0.15, 0.2) is 0 Å². The van der Waals surface area contributed by atoms with Gasteiger partial charge in [-0.3, -0.25) is 0 Å². The molecule has 0 heterocycles. The first kappa shape index (κ1) is 12.9. The van der Waals surface area contributed by atoms with Crippen molar-refractivity contribution in [3.63, 3.8) is 0 Å². The van der Waals surface area contributed by atoms with Crippen molar-refractivity contribution in [2.24, 2.45) is 16.8 Å². The molecule has 88 valence electrons. The quantitative estimate of drug-likeness (QED) is 0.338. The van der Waals surface area contributed by atoms with Crippen LogP contribution in [0.2, 0.25) is 10.0 Å². The van der Waals surface area contributed by atoms with Crippen molar-refractivity contribution in [2.45, 2.75) is 6.92 Å². The van der Waals surface area contributed by atoms with Gasteiger partial charge in [0.25, 0.3) is 0 Å². The van der Waals surface area contributed by atoms with Gasteiger partial charge in [0, 0.05) is 18.2 Å². The van der Waals surface area contributed by atoms with E-state index in [2.05, 4.69) is 10.5 Å². The summed E-state index contributed by atoms with van der Waals surface area (Å²) in [6, 6.07) is 5.25. The Morgan fingerprint density at radius 1 is 1.50 bits per heavy atom. The zero-order valence-electron chi connectivity index (χ0n) is 8.74. The number of amidine groups is 1.